The summed E-state index contributed by atoms with van der Waals surface area (Å²) in [6, 6.07) is 6.60. The molecule has 0 N–H and O–H groups in total. The minimum atomic E-state index is -0.218. The van der Waals surface area contributed by atoms with E-state index >= 15 is 0 Å². The Bertz CT molecular complexity index is 343. The molecule has 2 nitrogen and oxygen atoms in total. The highest BCUT2D eigenvalue weighted by Gasteiger charge is 2.07. The van der Waals surface area contributed by atoms with Crippen LogP contribution >= 0.6 is 12.6 Å². The quantitative estimate of drug-likeness (QED) is 0.777. The van der Waals surface area contributed by atoms with Gasteiger partial charge in [0.1, 0.15) is 5.82 Å². The van der Waals surface area contributed by atoms with Gasteiger partial charge in [-0.3, -0.25) is 4.79 Å². The molecular weight excluding hydrogens is 213 g/mol. The molecule has 0 saturated carbocycles. The van der Waals surface area contributed by atoms with Crippen molar-refractivity contribution in [3.63, 3.8) is 0 Å². The van der Waals surface area contributed by atoms with Crippen molar-refractivity contribution in [1.82, 2.24) is 4.90 Å². The van der Waals surface area contributed by atoms with Gasteiger partial charge < -0.3 is 4.90 Å². The van der Waals surface area contributed by atoms with E-state index in [-0.39, 0.29) is 17.5 Å². The molecule has 4 heteroatoms. The fourth-order valence-electron chi connectivity index (χ4n) is 1.23. The zero-order valence-electron chi connectivity index (χ0n) is 8.61. The van der Waals surface area contributed by atoms with Crippen LogP contribution in [0.2, 0.25) is 0 Å². The first-order valence-electron chi connectivity index (χ1n) is 4.73. The summed E-state index contributed by atoms with van der Waals surface area (Å²) in [5.41, 5.74) is 0.635. The van der Waals surface area contributed by atoms with E-state index in [2.05, 4.69) is 12.6 Å². The molecule has 0 atom stereocenters. The Morgan fingerprint density at radius 1 is 1.47 bits per heavy atom. The van der Waals surface area contributed by atoms with E-state index in [4.69, 9.17) is 0 Å². The van der Waals surface area contributed by atoms with E-state index in [9.17, 15) is 9.18 Å². The predicted octanol–water partition coefficient (Wildman–Crippen LogP) is 1.76. The molecule has 0 aliphatic carbocycles. The van der Waals surface area contributed by atoms with Crippen LogP contribution in [-0.2, 0) is 11.2 Å². The maximum atomic E-state index is 13.2. The van der Waals surface area contributed by atoms with Crippen molar-refractivity contribution < 1.29 is 9.18 Å². The summed E-state index contributed by atoms with van der Waals surface area (Å²) in [5, 5.41) is 0. The highest BCUT2D eigenvalue weighted by molar-refractivity contribution is 7.81. The van der Waals surface area contributed by atoms with Gasteiger partial charge in [0.15, 0.2) is 0 Å². The Balaban J connectivity index is 2.50. The van der Waals surface area contributed by atoms with Crippen LogP contribution in [0.25, 0.3) is 0 Å². The fourth-order valence-corrected chi connectivity index (χ4v) is 1.48. The second kappa shape index (κ2) is 5.75. The third kappa shape index (κ3) is 3.55. The largest absolute Gasteiger partial charge is 0.345 e. The van der Waals surface area contributed by atoms with Gasteiger partial charge in [0.05, 0.1) is 5.75 Å². The van der Waals surface area contributed by atoms with Gasteiger partial charge in [-0.25, -0.2) is 4.39 Å². The Hall–Kier alpha value is -1.03. The number of halogens is 1. The van der Waals surface area contributed by atoms with Crippen molar-refractivity contribution >= 4 is 18.5 Å². The number of likely N-dealkylation sites (N-methyl/N-ethyl adjacent to an activating group) is 1. The highest BCUT2D eigenvalue weighted by atomic mass is 32.1. The van der Waals surface area contributed by atoms with Gasteiger partial charge >= 0.3 is 0 Å². The van der Waals surface area contributed by atoms with Crippen LogP contribution in [-0.4, -0.2) is 30.2 Å². The normalized spacial score (nSPS) is 10.1. The van der Waals surface area contributed by atoms with E-state index in [1.807, 2.05) is 0 Å². The molecule has 0 spiro atoms. The number of rotatable bonds is 4. The molecule has 15 heavy (non-hydrogen) atoms. The zero-order chi connectivity index (χ0) is 11.3. The average molecular weight is 227 g/mol. The number of hydrogen-bond donors (Lipinski definition) is 1. The molecule has 1 aromatic carbocycles. The Labute approximate surface area is 94.5 Å². The summed E-state index contributed by atoms with van der Waals surface area (Å²) in [6.07, 6.45) is 0.530. The molecule has 0 bridgehead atoms. The lowest BCUT2D eigenvalue weighted by Crippen LogP contribution is -2.29. The van der Waals surface area contributed by atoms with Crippen LogP contribution in [0.3, 0.4) is 0 Å². The first-order valence-corrected chi connectivity index (χ1v) is 5.36. The van der Waals surface area contributed by atoms with Crippen LogP contribution in [0.15, 0.2) is 24.3 Å². The lowest BCUT2D eigenvalue weighted by molar-refractivity contribution is -0.127. The number of amides is 1. The molecule has 1 amide bonds. The van der Waals surface area contributed by atoms with Crippen LogP contribution in [0.4, 0.5) is 4.39 Å². The van der Waals surface area contributed by atoms with Crippen molar-refractivity contribution in [3.8, 4) is 0 Å². The fraction of sp³-hybridized carbons (Fsp3) is 0.364. The summed E-state index contributed by atoms with van der Waals surface area (Å²) in [6.45, 7) is 0.514. The van der Waals surface area contributed by atoms with E-state index < -0.39 is 0 Å². The molecule has 0 fully saturated rings. The van der Waals surface area contributed by atoms with E-state index in [1.54, 1.807) is 30.1 Å². The number of carbonyl (C=O) groups is 1. The van der Waals surface area contributed by atoms with E-state index in [1.165, 1.54) is 6.07 Å². The van der Waals surface area contributed by atoms with Gasteiger partial charge in [-0.05, 0) is 18.1 Å². The minimum Gasteiger partial charge on any atom is -0.345 e. The Morgan fingerprint density at radius 3 is 2.73 bits per heavy atom. The molecule has 0 unspecified atom stereocenters. The number of nitrogens with zero attached hydrogens (tertiary/aromatic N) is 1. The average Bonchev–Trinajstić information content (AvgIpc) is 2.26. The molecule has 0 heterocycles. The van der Waals surface area contributed by atoms with Gasteiger partial charge in [0, 0.05) is 13.6 Å². The first kappa shape index (κ1) is 12.0. The highest BCUT2D eigenvalue weighted by Crippen LogP contribution is 2.07. The number of benzene rings is 1. The van der Waals surface area contributed by atoms with E-state index in [0.717, 1.165) is 0 Å². The number of carbonyl (C=O) groups excluding carboxylic acids is 1. The molecule has 0 radical (unpaired) electrons. The third-order valence-corrected chi connectivity index (χ3v) is 2.51. The van der Waals surface area contributed by atoms with Crippen LogP contribution < -0.4 is 0 Å². The molecule has 0 aliphatic rings. The lowest BCUT2D eigenvalue weighted by Gasteiger charge is -2.15. The van der Waals surface area contributed by atoms with Gasteiger partial charge in [-0.15, -0.1) is 0 Å². The molecule has 0 aliphatic heterocycles. The monoisotopic (exact) mass is 227 g/mol. The molecule has 0 aromatic heterocycles. The van der Waals surface area contributed by atoms with Gasteiger partial charge in [-0.1, -0.05) is 18.2 Å². The molecule has 1 aromatic rings. The maximum Gasteiger partial charge on any atom is 0.232 e. The molecular formula is C11H14FNOS. The summed E-state index contributed by atoms with van der Waals surface area (Å²) in [5.74, 6) is -0.0766. The standard InChI is InChI=1S/C11H14FNOS/c1-13(11(14)8-15)7-6-9-4-2-3-5-10(9)12/h2-5,15H,6-8H2,1H3. The van der Waals surface area contributed by atoms with Gasteiger partial charge in [0.25, 0.3) is 0 Å². The molecule has 82 valence electrons. The SMILES string of the molecule is CN(CCc1ccccc1F)C(=O)CS. The maximum absolute atomic E-state index is 13.2. The van der Waals surface area contributed by atoms with Crippen LogP contribution in [0.1, 0.15) is 5.56 Å². The van der Waals surface area contributed by atoms with Crippen molar-refractivity contribution in [2.24, 2.45) is 0 Å². The smallest absolute Gasteiger partial charge is 0.232 e. The first-order chi connectivity index (χ1) is 7.15. The van der Waals surface area contributed by atoms with Crippen LogP contribution in [0.5, 0.6) is 0 Å². The second-order valence-electron chi connectivity index (χ2n) is 3.31. The third-order valence-electron chi connectivity index (χ3n) is 2.24. The number of thiol groups is 1. The summed E-state index contributed by atoms with van der Waals surface area (Å²) < 4.78 is 13.2. The summed E-state index contributed by atoms with van der Waals surface area (Å²) in [4.78, 5) is 12.7. The second-order valence-corrected chi connectivity index (χ2v) is 3.63. The van der Waals surface area contributed by atoms with Crippen molar-refractivity contribution in [1.29, 1.82) is 0 Å². The number of hydrogen-bond acceptors (Lipinski definition) is 2. The Morgan fingerprint density at radius 2 is 2.13 bits per heavy atom. The lowest BCUT2D eigenvalue weighted by atomic mass is 10.1. The summed E-state index contributed by atoms with van der Waals surface area (Å²) in [7, 11) is 1.69. The molecule has 0 saturated heterocycles. The van der Waals surface area contributed by atoms with Crippen LogP contribution in [0, 0.1) is 5.82 Å². The van der Waals surface area contributed by atoms with Crippen molar-refractivity contribution in [3.05, 3.63) is 35.6 Å². The zero-order valence-corrected chi connectivity index (χ0v) is 9.51. The Kier molecular flexibility index (Phi) is 4.62. The molecule has 1 rings (SSSR count). The topological polar surface area (TPSA) is 20.3 Å². The van der Waals surface area contributed by atoms with Gasteiger partial charge in [-0.2, -0.15) is 12.6 Å². The van der Waals surface area contributed by atoms with Crippen molar-refractivity contribution in [2.45, 2.75) is 6.42 Å². The summed E-state index contributed by atoms with van der Waals surface area (Å²) >= 11 is 3.89. The van der Waals surface area contributed by atoms with Gasteiger partial charge in [0.2, 0.25) is 5.91 Å². The van der Waals surface area contributed by atoms with Crippen molar-refractivity contribution in [2.75, 3.05) is 19.3 Å². The minimum absolute atomic E-state index is 0.0466. The predicted molar refractivity (Wildman–Crippen MR) is 61.6 cm³/mol. The van der Waals surface area contributed by atoms with E-state index in [0.29, 0.717) is 18.5 Å².